The van der Waals surface area contributed by atoms with Gasteiger partial charge in [0.1, 0.15) is 5.69 Å². The summed E-state index contributed by atoms with van der Waals surface area (Å²) in [6, 6.07) is 1.88. The molecule has 0 aromatic carbocycles. The van der Waals surface area contributed by atoms with Gasteiger partial charge in [-0.1, -0.05) is 0 Å². The first kappa shape index (κ1) is 8.96. The highest BCUT2D eigenvalue weighted by Gasteiger charge is 2.07. The predicted octanol–water partition coefficient (Wildman–Crippen LogP) is 0.576. The molecule has 2 heterocycles. The van der Waals surface area contributed by atoms with Crippen molar-refractivity contribution >= 4 is 0 Å². The van der Waals surface area contributed by atoms with E-state index in [4.69, 9.17) is 10.2 Å². The van der Waals surface area contributed by atoms with Crippen molar-refractivity contribution in [2.45, 2.75) is 6.42 Å². The van der Waals surface area contributed by atoms with Gasteiger partial charge in [-0.2, -0.15) is 5.10 Å². The van der Waals surface area contributed by atoms with Crippen LogP contribution in [0, 0.1) is 0 Å². The number of hydrogen-bond donors (Lipinski definition) is 1. The lowest BCUT2D eigenvalue weighted by atomic mass is 10.4. The van der Waals surface area contributed by atoms with Crippen LogP contribution in [0.15, 0.2) is 22.9 Å². The van der Waals surface area contributed by atoms with Crippen molar-refractivity contribution in [3.8, 4) is 11.5 Å². The number of aromatic nitrogens is 3. The zero-order valence-corrected chi connectivity index (χ0v) is 7.97. The van der Waals surface area contributed by atoms with E-state index in [0.717, 1.165) is 5.69 Å². The van der Waals surface area contributed by atoms with Gasteiger partial charge in [0, 0.05) is 26.2 Å². The molecule has 0 amide bonds. The summed E-state index contributed by atoms with van der Waals surface area (Å²) in [5.74, 6) is 1.35. The SMILES string of the molecule is Cn1ccc(-c2cnc(CCN)o2)n1. The van der Waals surface area contributed by atoms with E-state index in [1.807, 2.05) is 19.3 Å². The smallest absolute Gasteiger partial charge is 0.196 e. The van der Waals surface area contributed by atoms with Gasteiger partial charge in [-0.25, -0.2) is 4.98 Å². The minimum absolute atomic E-state index is 0.544. The first-order valence-corrected chi connectivity index (χ1v) is 4.44. The molecule has 0 aliphatic carbocycles. The fraction of sp³-hybridized carbons (Fsp3) is 0.333. The fourth-order valence-corrected chi connectivity index (χ4v) is 1.21. The molecule has 2 rings (SSSR count). The standard InChI is InChI=1S/C9H12N4O/c1-13-5-3-7(12-13)8-6-11-9(14-8)2-4-10/h3,5-6H,2,4,10H2,1H3. The fourth-order valence-electron chi connectivity index (χ4n) is 1.21. The zero-order valence-electron chi connectivity index (χ0n) is 7.97. The average molecular weight is 192 g/mol. The number of nitrogens with zero attached hydrogens (tertiary/aromatic N) is 3. The molecule has 74 valence electrons. The molecule has 0 spiro atoms. The Bertz CT molecular complexity index is 418. The molecule has 5 nitrogen and oxygen atoms in total. The van der Waals surface area contributed by atoms with Crippen molar-refractivity contribution in [3.05, 3.63) is 24.4 Å². The van der Waals surface area contributed by atoms with Crippen LogP contribution >= 0.6 is 0 Å². The van der Waals surface area contributed by atoms with E-state index in [2.05, 4.69) is 10.1 Å². The molecule has 0 radical (unpaired) electrons. The largest absolute Gasteiger partial charge is 0.439 e. The van der Waals surface area contributed by atoms with Gasteiger partial charge in [0.05, 0.1) is 6.20 Å². The molecular weight excluding hydrogens is 180 g/mol. The lowest BCUT2D eigenvalue weighted by molar-refractivity contribution is 0.505. The second-order valence-corrected chi connectivity index (χ2v) is 3.03. The maximum atomic E-state index is 5.46. The third kappa shape index (κ3) is 1.67. The van der Waals surface area contributed by atoms with Crippen molar-refractivity contribution in [3.63, 3.8) is 0 Å². The normalized spacial score (nSPS) is 10.7. The van der Waals surface area contributed by atoms with Crippen molar-refractivity contribution in [1.82, 2.24) is 14.8 Å². The molecule has 0 saturated carbocycles. The van der Waals surface area contributed by atoms with E-state index in [9.17, 15) is 0 Å². The van der Waals surface area contributed by atoms with Crippen LogP contribution in [0.4, 0.5) is 0 Å². The van der Waals surface area contributed by atoms with Crippen LogP contribution < -0.4 is 5.73 Å². The van der Waals surface area contributed by atoms with Crippen molar-refractivity contribution < 1.29 is 4.42 Å². The number of nitrogens with two attached hydrogens (primary N) is 1. The molecule has 0 unspecified atom stereocenters. The molecule has 0 bridgehead atoms. The Labute approximate surface area is 81.5 Å². The van der Waals surface area contributed by atoms with Gasteiger partial charge in [-0.15, -0.1) is 0 Å². The Hall–Kier alpha value is -1.62. The van der Waals surface area contributed by atoms with Crippen LogP contribution in [0.2, 0.25) is 0 Å². The molecule has 14 heavy (non-hydrogen) atoms. The summed E-state index contributed by atoms with van der Waals surface area (Å²) in [5, 5.41) is 4.21. The third-order valence-electron chi connectivity index (χ3n) is 1.88. The minimum Gasteiger partial charge on any atom is -0.439 e. The third-order valence-corrected chi connectivity index (χ3v) is 1.88. The molecular formula is C9H12N4O. The highest BCUT2D eigenvalue weighted by atomic mass is 16.4. The Balaban J connectivity index is 2.24. The number of hydrogen-bond acceptors (Lipinski definition) is 4. The van der Waals surface area contributed by atoms with Gasteiger partial charge in [-0.3, -0.25) is 4.68 Å². The van der Waals surface area contributed by atoms with Crippen molar-refractivity contribution in [2.24, 2.45) is 12.8 Å². The molecule has 2 aromatic heterocycles. The maximum Gasteiger partial charge on any atom is 0.196 e. The summed E-state index contributed by atoms with van der Waals surface area (Å²) in [6.45, 7) is 0.544. The van der Waals surface area contributed by atoms with Gasteiger partial charge in [0.15, 0.2) is 11.7 Å². The first-order valence-electron chi connectivity index (χ1n) is 4.44. The molecule has 0 atom stereocenters. The molecule has 2 N–H and O–H groups in total. The molecule has 0 aliphatic heterocycles. The summed E-state index contributed by atoms with van der Waals surface area (Å²) in [6.07, 6.45) is 4.20. The zero-order chi connectivity index (χ0) is 9.97. The number of oxazole rings is 1. The van der Waals surface area contributed by atoms with Gasteiger partial charge < -0.3 is 10.2 Å². The van der Waals surface area contributed by atoms with Crippen LogP contribution in [0.25, 0.3) is 11.5 Å². The van der Waals surface area contributed by atoms with Gasteiger partial charge >= 0.3 is 0 Å². The van der Waals surface area contributed by atoms with Gasteiger partial charge in [0.2, 0.25) is 0 Å². The topological polar surface area (TPSA) is 69.9 Å². The van der Waals surface area contributed by atoms with Crippen LogP contribution in [-0.4, -0.2) is 21.3 Å². The van der Waals surface area contributed by atoms with E-state index in [0.29, 0.717) is 24.6 Å². The van der Waals surface area contributed by atoms with E-state index in [1.54, 1.807) is 10.9 Å². The number of rotatable bonds is 3. The first-order chi connectivity index (χ1) is 6.79. The Kier molecular flexibility index (Phi) is 2.32. The quantitative estimate of drug-likeness (QED) is 0.772. The highest BCUT2D eigenvalue weighted by molar-refractivity contribution is 5.49. The predicted molar refractivity (Wildman–Crippen MR) is 51.5 cm³/mol. The second kappa shape index (κ2) is 3.63. The Morgan fingerprint density at radius 2 is 2.43 bits per heavy atom. The second-order valence-electron chi connectivity index (χ2n) is 3.03. The molecule has 0 saturated heterocycles. The van der Waals surface area contributed by atoms with Crippen LogP contribution in [-0.2, 0) is 13.5 Å². The van der Waals surface area contributed by atoms with E-state index in [1.165, 1.54) is 0 Å². The van der Waals surface area contributed by atoms with Crippen LogP contribution in [0.1, 0.15) is 5.89 Å². The molecule has 0 fully saturated rings. The van der Waals surface area contributed by atoms with Crippen molar-refractivity contribution in [1.29, 1.82) is 0 Å². The van der Waals surface area contributed by atoms with Gasteiger partial charge in [-0.05, 0) is 6.07 Å². The average Bonchev–Trinajstić information content (AvgIpc) is 2.74. The Morgan fingerprint density at radius 1 is 1.57 bits per heavy atom. The van der Waals surface area contributed by atoms with E-state index >= 15 is 0 Å². The molecule has 2 aromatic rings. The monoisotopic (exact) mass is 192 g/mol. The summed E-state index contributed by atoms with van der Waals surface area (Å²) < 4.78 is 7.18. The minimum atomic E-state index is 0.544. The lowest BCUT2D eigenvalue weighted by Gasteiger charge is -1.89. The summed E-state index contributed by atoms with van der Waals surface area (Å²) in [7, 11) is 1.86. The maximum absolute atomic E-state index is 5.46. The Morgan fingerprint density at radius 3 is 3.07 bits per heavy atom. The summed E-state index contributed by atoms with van der Waals surface area (Å²) in [4.78, 5) is 4.10. The summed E-state index contributed by atoms with van der Waals surface area (Å²) in [5.41, 5.74) is 6.19. The molecule has 0 aliphatic rings. The van der Waals surface area contributed by atoms with E-state index < -0.39 is 0 Å². The van der Waals surface area contributed by atoms with Crippen LogP contribution in [0.5, 0.6) is 0 Å². The van der Waals surface area contributed by atoms with Crippen LogP contribution in [0.3, 0.4) is 0 Å². The summed E-state index contributed by atoms with van der Waals surface area (Å²) >= 11 is 0. The highest BCUT2D eigenvalue weighted by Crippen LogP contribution is 2.17. The molecule has 5 heteroatoms. The van der Waals surface area contributed by atoms with E-state index in [-0.39, 0.29) is 0 Å². The van der Waals surface area contributed by atoms with Crippen molar-refractivity contribution in [2.75, 3.05) is 6.54 Å². The van der Waals surface area contributed by atoms with Gasteiger partial charge in [0.25, 0.3) is 0 Å². The lowest BCUT2D eigenvalue weighted by Crippen LogP contribution is -2.02. The number of aryl methyl sites for hydroxylation is 1.